The molecule has 2 heterocycles. The van der Waals surface area contributed by atoms with Gasteiger partial charge in [-0.05, 0) is 50.4 Å². The monoisotopic (exact) mass is 302 g/mol. The van der Waals surface area contributed by atoms with Gasteiger partial charge in [0, 0.05) is 18.1 Å². The molecule has 2 aliphatic heterocycles. The Morgan fingerprint density at radius 2 is 2.05 bits per heavy atom. The van der Waals surface area contributed by atoms with Crippen LogP contribution < -0.4 is 10.1 Å². The number of ether oxygens (including phenoxy) is 1. The number of rotatable bonds is 4. The minimum absolute atomic E-state index is 0.126. The number of hydrogen-bond donors (Lipinski definition) is 1. The second-order valence-corrected chi connectivity index (χ2v) is 6.67. The van der Waals surface area contributed by atoms with E-state index in [1.807, 2.05) is 24.3 Å². The first-order valence-electron chi connectivity index (χ1n) is 8.30. The van der Waals surface area contributed by atoms with Crippen LogP contribution in [0.3, 0.4) is 0 Å². The normalized spacial score (nSPS) is 28.2. The van der Waals surface area contributed by atoms with E-state index in [1.54, 1.807) is 7.11 Å². The molecule has 3 rings (SSSR count). The summed E-state index contributed by atoms with van der Waals surface area (Å²) >= 11 is 0. The van der Waals surface area contributed by atoms with Gasteiger partial charge in [0.2, 0.25) is 5.91 Å². The Labute approximate surface area is 132 Å². The van der Waals surface area contributed by atoms with Gasteiger partial charge in [-0.15, -0.1) is 0 Å². The smallest absolute Gasteiger partial charge is 0.224 e. The first kappa shape index (κ1) is 15.3. The average Bonchev–Trinajstić information content (AvgIpc) is 2.48. The Balaban J connectivity index is 1.55. The summed E-state index contributed by atoms with van der Waals surface area (Å²) in [6.07, 6.45) is 6.50. The molecule has 0 aromatic heterocycles. The van der Waals surface area contributed by atoms with Gasteiger partial charge in [-0.25, -0.2) is 0 Å². The lowest BCUT2D eigenvalue weighted by Crippen LogP contribution is -2.55. The predicted octanol–water partition coefficient (Wildman–Crippen LogP) is 2.37. The number of methoxy groups -OCH3 is 1. The van der Waals surface area contributed by atoms with Crippen molar-refractivity contribution in [1.82, 2.24) is 10.2 Å². The van der Waals surface area contributed by atoms with Crippen molar-refractivity contribution in [2.24, 2.45) is 0 Å². The van der Waals surface area contributed by atoms with Gasteiger partial charge in [-0.1, -0.05) is 18.6 Å². The van der Waals surface area contributed by atoms with Gasteiger partial charge in [0.15, 0.2) is 0 Å². The molecular weight excluding hydrogens is 276 g/mol. The maximum atomic E-state index is 12.3. The third-order valence-corrected chi connectivity index (χ3v) is 5.20. The molecule has 1 aromatic carbocycles. The summed E-state index contributed by atoms with van der Waals surface area (Å²) in [5.74, 6) is 0.931. The molecule has 0 spiro atoms. The van der Waals surface area contributed by atoms with E-state index in [1.165, 1.54) is 19.3 Å². The van der Waals surface area contributed by atoms with Gasteiger partial charge in [0.05, 0.1) is 13.5 Å². The predicted molar refractivity (Wildman–Crippen MR) is 87.1 cm³/mol. The molecule has 0 aliphatic carbocycles. The molecule has 4 heteroatoms. The van der Waals surface area contributed by atoms with Crippen LogP contribution in [0.1, 0.15) is 37.7 Å². The summed E-state index contributed by atoms with van der Waals surface area (Å²) in [6, 6.07) is 9.38. The standard InChI is InChI=1S/C18H26N2O2/c1-20-15-6-4-7-16(20)12-14(11-15)19-18(21)10-13-5-3-8-17(9-13)22-2/h3,5,8-9,14-16H,4,6-7,10-12H2,1-2H3,(H,19,21). The molecule has 0 radical (unpaired) electrons. The van der Waals surface area contributed by atoms with Crippen LogP contribution in [0, 0.1) is 0 Å². The van der Waals surface area contributed by atoms with E-state index in [0.717, 1.165) is 24.2 Å². The van der Waals surface area contributed by atoms with Gasteiger partial charge in [0.25, 0.3) is 0 Å². The van der Waals surface area contributed by atoms with Crippen LogP contribution in [-0.4, -0.2) is 43.1 Å². The lowest BCUT2D eigenvalue weighted by atomic mass is 9.82. The van der Waals surface area contributed by atoms with Crippen LogP contribution >= 0.6 is 0 Å². The number of piperidine rings is 2. The highest BCUT2D eigenvalue weighted by atomic mass is 16.5. The second kappa shape index (κ2) is 6.69. The minimum Gasteiger partial charge on any atom is -0.497 e. The highest BCUT2D eigenvalue weighted by Crippen LogP contribution is 2.32. The maximum absolute atomic E-state index is 12.3. The number of hydrogen-bond acceptors (Lipinski definition) is 3. The number of benzene rings is 1. The highest BCUT2D eigenvalue weighted by Gasteiger charge is 2.36. The quantitative estimate of drug-likeness (QED) is 0.928. The number of nitrogens with one attached hydrogen (secondary N) is 1. The Bertz CT molecular complexity index is 518. The van der Waals surface area contributed by atoms with E-state index >= 15 is 0 Å². The zero-order chi connectivity index (χ0) is 15.5. The Morgan fingerprint density at radius 1 is 1.32 bits per heavy atom. The number of amides is 1. The summed E-state index contributed by atoms with van der Waals surface area (Å²) in [6.45, 7) is 0. The Morgan fingerprint density at radius 3 is 2.73 bits per heavy atom. The van der Waals surface area contributed by atoms with Gasteiger partial charge >= 0.3 is 0 Å². The minimum atomic E-state index is 0.126. The van der Waals surface area contributed by atoms with E-state index in [0.29, 0.717) is 24.5 Å². The summed E-state index contributed by atoms with van der Waals surface area (Å²) in [5, 5.41) is 3.25. The lowest BCUT2D eigenvalue weighted by molar-refractivity contribution is -0.121. The topological polar surface area (TPSA) is 41.6 Å². The van der Waals surface area contributed by atoms with E-state index in [4.69, 9.17) is 4.74 Å². The Hall–Kier alpha value is -1.55. The van der Waals surface area contributed by atoms with Crippen LogP contribution in [-0.2, 0) is 11.2 Å². The van der Waals surface area contributed by atoms with Gasteiger partial charge in [-0.3, -0.25) is 4.79 Å². The largest absolute Gasteiger partial charge is 0.497 e. The zero-order valence-electron chi connectivity index (χ0n) is 13.5. The fourth-order valence-electron chi connectivity index (χ4n) is 3.98. The first-order chi connectivity index (χ1) is 10.7. The number of carbonyl (C=O) groups is 1. The molecule has 1 N–H and O–H groups in total. The average molecular weight is 302 g/mol. The molecule has 1 amide bonds. The SMILES string of the molecule is COc1cccc(CC(=O)NC2CC3CCCC(C2)N3C)c1. The summed E-state index contributed by atoms with van der Waals surface area (Å²) in [5.41, 5.74) is 1.00. The fourth-order valence-corrected chi connectivity index (χ4v) is 3.98. The van der Waals surface area contributed by atoms with Crippen molar-refractivity contribution >= 4 is 5.91 Å². The number of carbonyl (C=O) groups excluding carboxylic acids is 1. The van der Waals surface area contributed by atoms with Crippen molar-refractivity contribution in [2.75, 3.05) is 14.2 Å². The number of nitrogens with zero attached hydrogens (tertiary/aromatic N) is 1. The van der Waals surface area contributed by atoms with Crippen LogP contribution in [0.4, 0.5) is 0 Å². The van der Waals surface area contributed by atoms with Gasteiger partial charge < -0.3 is 15.0 Å². The number of fused-ring (bicyclic) bond motifs is 2. The second-order valence-electron chi connectivity index (χ2n) is 6.67. The molecule has 0 saturated carbocycles. The fraction of sp³-hybridized carbons (Fsp3) is 0.611. The van der Waals surface area contributed by atoms with Crippen molar-refractivity contribution in [3.63, 3.8) is 0 Å². The molecule has 2 bridgehead atoms. The van der Waals surface area contributed by atoms with Crippen LogP contribution in [0.5, 0.6) is 5.75 Å². The summed E-state index contributed by atoms with van der Waals surface area (Å²) in [4.78, 5) is 14.8. The van der Waals surface area contributed by atoms with E-state index in [-0.39, 0.29) is 5.91 Å². The highest BCUT2D eigenvalue weighted by molar-refractivity contribution is 5.79. The van der Waals surface area contributed by atoms with E-state index < -0.39 is 0 Å². The molecule has 120 valence electrons. The third-order valence-electron chi connectivity index (χ3n) is 5.20. The summed E-state index contributed by atoms with van der Waals surface area (Å²) in [7, 11) is 3.89. The van der Waals surface area contributed by atoms with Gasteiger partial charge in [-0.2, -0.15) is 0 Å². The van der Waals surface area contributed by atoms with E-state index in [2.05, 4.69) is 17.3 Å². The molecule has 4 nitrogen and oxygen atoms in total. The molecule has 2 fully saturated rings. The van der Waals surface area contributed by atoms with Crippen molar-refractivity contribution in [3.8, 4) is 5.75 Å². The molecule has 2 atom stereocenters. The van der Waals surface area contributed by atoms with E-state index in [9.17, 15) is 4.79 Å². The van der Waals surface area contributed by atoms with Crippen LogP contribution in [0.15, 0.2) is 24.3 Å². The van der Waals surface area contributed by atoms with Gasteiger partial charge in [0.1, 0.15) is 5.75 Å². The third kappa shape index (κ3) is 3.43. The van der Waals surface area contributed by atoms with Crippen LogP contribution in [0.2, 0.25) is 0 Å². The zero-order valence-corrected chi connectivity index (χ0v) is 13.5. The van der Waals surface area contributed by atoms with Crippen molar-refractivity contribution in [3.05, 3.63) is 29.8 Å². The maximum Gasteiger partial charge on any atom is 0.224 e. The molecule has 2 unspecified atom stereocenters. The molecule has 2 saturated heterocycles. The summed E-state index contributed by atoms with van der Waals surface area (Å²) < 4.78 is 5.21. The van der Waals surface area contributed by atoms with Crippen molar-refractivity contribution in [2.45, 2.75) is 56.7 Å². The van der Waals surface area contributed by atoms with Crippen molar-refractivity contribution < 1.29 is 9.53 Å². The molecule has 2 aliphatic rings. The van der Waals surface area contributed by atoms with Crippen LogP contribution in [0.25, 0.3) is 0 Å². The van der Waals surface area contributed by atoms with Crippen molar-refractivity contribution in [1.29, 1.82) is 0 Å². The molecule has 1 aromatic rings. The molecular formula is C18H26N2O2. The molecule has 22 heavy (non-hydrogen) atoms. The Kier molecular flexibility index (Phi) is 4.67. The lowest BCUT2D eigenvalue weighted by Gasteiger charge is -2.47. The first-order valence-corrected chi connectivity index (χ1v) is 8.30.